The Labute approximate surface area is 107 Å². The van der Waals surface area contributed by atoms with Crippen molar-refractivity contribution in [3.8, 4) is 0 Å². The van der Waals surface area contributed by atoms with Gasteiger partial charge in [-0.25, -0.2) is 0 Å². The number of carbonyl (C=O) groups excluding carboxylic acids is 1. The third-order valence-electron chi connectivity index (χ3n) is 2.45. The highest BCUT2D eigenvalue weighted by Gasteiger charge is 2.18. The number of nitro benzene ring substituents is 1. The van der Waals surface area contributed by atoms with Crippen molar-refractivity contribution in [3.05, 3.63) is 45.6 Å². The predicted octanol–water partition coefficient (Wildman–Crippen LogP) is 1.73. The summed E-state index contributed by atoms with van der Waals surface area (Å²) in [4.78, 5) is 21.9. The summed E-state index contributed by atoms with van der Waals surface area (Å²) in [7, 11) is 0. The zero-order valence-corrected chi connectivity index (χ0v) is 9.91. The minimum atomic E-state index is -0.520. The molecule has 1 aromatic heterocycles. The molecule has 1 aromatic carbocycles. The highest BCUT2D eigenvalue weighted by atomic mass is 16.6. The van der Waals surface area contributed by atoms with E-state index in [2.05, 4.69) is 15.0 Å². The number of nitrogen functional groups attached to an aromatic ring is 1. The molecule has 8 nitrogen and oxygen atoms in total. The molecule has 0 atom stereocenters. The van der Waals surface area contributed by atoms with E-state index in [1.807, 2.05) is 0 Å². The maximum Gasteiger partial charge on any atom is 0.269 e. The van der Waals surface area contributed by atoms with E-state index in [1.54, 1.807) is 6.92 Å². The van der Waals surface area contributed by atoms with Crippen LogP contribution in [0.15, 0.2) is 28.8 Å². The van der Waals surface area contributed by atoms with Gasteiger partial charge in [-0.3, -0.25) is 14.9 Å². The molecule has 2 aromatic rings. The van der Waals surface area contributed by atoms with Crippen LogP contribution in [0.2, 0.25) is 0 Å². The van der Waals surface area contributed by atoms with E-state index in [0.29, 0.717) is 11.4 Å². The zero-order chi connectivity index (χ0) is 14.0. The summed E-state index contributed by atoms with van der Waals surface area (Å²) >= 11 is 0. The van der Waals surface area contributed by atoms with Crippen molar-refractivity contribution in [3.63, 3.8) is 0 Å². The van der Waals surface area contributed by atoms with Gasteiger partial charge in [0.25, 0.3) is 11.6 Å². The number of aromatic nitrogens is 1. The third-order valence-corrected chi connectivity index (χ3v) is 2.45. The first kappa shape index (κ1) is 12.6. The lowest BCUT2D eigenvalue weighted by Gasteiger charge is -2.03. The van der Waals surface area contributed by atoms with E-state index in [1.165, 1.54) is 24.3 Å². The first-order chi connectivity index (χ1) is 8.99. The van der Waals surface area contributed by atoms with E-state index in [9.17, 15) is 14.9 Å². The normalized spacial score (nSPS) is 10.2. The molecule has 19 heavy (non-hydrogen) atoms. The Hall–Kier alpha value is -2.90. The van der Waals surface area contributed by atoms with Gasteiger partial charge in [0, 0.05) is 17.8 Å². The molecule has 0 spiro atoms. The van der Waals surface area contributed by atoms with Crippen molar-refractivity contribution < 1.29 is 14.2 Å². The third kappa shape index (κ3) is 2.51. The first-order valence-electron chi connectivity index (χ1n) is 5.26. The second-order valence-electron chi connectivity index (χ2n) is 3.77. The molecule has 98 valence electrons. The molecule has 1 heterocycles. The van der Waals surface area contributed by atoms with E-state index >= 15 is 0 Å². The van der Waals surface area contributed by atoms with Gasteiger partial charge in [-0.05, 0) is 19.1 Å². The van der Waals surface area contributed by atoms with Gasteiger partial charge in [0.15, 0.2) is 0 Å². The molecular formula is C11H10N4O4. The predicted molar refractivity (Wildman–Crippen MR) is 66.7 cm³/mol. The van der Waals surface area contributed by atoms with E-state index in [4.69, 9.17) is 5.73 Å². The molecular weight excluding hydrogens is 252 g/mol. The summed E-state index contributed by atoms with van der Waals surface area (Å²) in [5.74, 6) is -0.554. The number of nitrogens with one attached hydrogen (secondary N) is 1. The molecule has 0 aliphatic rings. The number of nitrogens with zero attached hydrogens (tertiary/aromatic N) is 2. The lowest BCUT2D eigenvalue weighted by atomic mass is 10.2. The minimum absolute atomic E-state index is 0.0568. The highest BCUT2D eigenvalue weighted by Crippen LogP contribution is 2.19. The van der Waals surface area contributed by atoms with Crippen LogP contribution in [0.4, 0.5) is 17.3 Å². The van der Waals surface area contributed by atoms with E-state index in [-0.39, 0.29) is 17.1 Å². The number of hydrogen-bond acceptors (Lipinski definition) is 6. The topological polar surface area (TPSA) is 124 Å². The fraction of sp³-hybridized carbons (Fsp3) is 0.0909. The number of benzene rings is 1. The summed E-state index contributed by atoms with van der Waals surface area (Å²) in [6.07, 6.45) is 0. The van der Waals surface area contributed by atoms with E-state index < -0.39 is 10.8 Å². The van der Waals surface area contributed by atoms with Crippen LogP contribution in [-0.2, 0) is 0 Å². The van der Waals surface area contributed by atoms with Gasteiger partial charge in [0.1, 0.15) is 5.56 Å². The Morgan fingerprint density at radius 2 is 2.05 bits per heavy atom. The van der Waals surface area contributed by atoms with Crippen molar-refractivity contribution in [1.82, 2.24) is 5.16 Å². The second kappa shape index (κ2) is 4.77. The monoisotopic (exact) mass is 262 g/mol. The maximum absolute atomic E-state index is 11.9. The Bertz CT molecular complexity index is 613. The SMILES string of the molecule is Cc1noc(N)c1C(=O)Nc1ccc([N+](=O)[O-])cc1. The minimum Gasteiger partial charge on any atom is -0.367 e. The van der Waals surface area contributed by atoms with Crippen molar-refractivity contribution in [1.29, 1.82) is 0 Å². The number of nitro groups is 1. The van der Waals surface area contributed by atoms with Gasteiger partial charge < -0.3 is 15.6 Å². The number of carbonyl (C=O) groups is 1. The summed E-state index contributed by atoms with van der Waals surface area (Å²) in [5, 5.41) is 16.6. The fourth-order valence-corrected chi connectivity index (χ4v) is 1.52. The largest absolute Gasteiger partial charge is 0.367 e. The molecule has 2 rings (SSSR count). The van der Waals surface area contributed by atoms with Crippen LogP contribution in [0.25, 0.3) is 0 Å². The molecule has 0 saturated carbocycles. The van der Waals surface area contributed by atoms with Crippen molar-refractivity contribution in [2.75, 3.05) is 11.1 Å². The van der Waals surface area contributed by atoms with E-state index in [0.717, 1.165) is 0 Å². The van der Waals surface area contributed by atoms with Gasteiger partial charge in [0.05, 0.1) is 10.6 Å². The maximum atomic E-state index is 11.9. The summed E-state index contributed by atoms with van der Waals surface area (Å²) < 4.78 is 4.68. The van der Waals surface area contributed by atoms with Crippen LogP contribution in [0.3, 0.4) is 0 Å². The van der Waals surface area contributed by atoms with Gasteiger partial charge in [0.2, 0.25) is 5.88 Å². The average molecular weight is 262 g/mol. The number of non-ortho nitro benzene ring substituents is 1. The van der Waals surface area contributed by atoms with Crippen LogP contribution < -0.4 is 11.1 Å². The number of hydrogen-bond donors (Lipinski definition) is 2. The summed E-state index contributed by atoms with van der Waals surface area (Å²) in [5.41, 5.74) is 6.36. The highest BCUT2D eigenvalue weighted by molar-refractivity contribution is 6.07. The van der Waals surface area contributed by atoms with Crippen LogP contribution in [0.5, 0.6) is 0 Å². The molecule has 0 bridgehead atoms. The summed E-state index contributed by atoms with van der Waals surface area (Å²) in [6.45, 7) is 1.59. The van der Waals surface area contributed by atoms with Crippen LogP contribution >= 0.6 is 0 Å². The first-order valence-corrected chi connectivity index (χ1v) is 5.26. The standard InChI is InChI=1S/C11H10N4O4/c1-6-9(10(12)19-14-6)11(16)13-7-2-4-8(5-3-7)15(17)18/h2-5H,12H2,1H3,(H,13,16). The number of aryl methyl sites for hydroxylation is 1. The smallest absolute Gasteiger partial charge is 0.269 e. The summed E-state index contributed by atoms with van der Waals surface area (Å²) in [6, 6.07) is 5.43. The number of amides is 1. The van der Waals surface area contributed by atoms with Crippen molar-refractivity contribution in [2.24, 2.45) is 0 Å². The number of anilines is 2. The molecule has 0 aliphatic heterocycles. The molecule has 8 heteroatoms. The average Bonchev–Trinajstić information content (AvgIpc) is 2.69. The fourth-order valence-electron chi connectivity index (χ4n) is 1.52. The number of nitrogens with two attached hydrogens (primary N) is 1. The zero-order valence-electron chi connectivity index (χ0n) is 9.91. The molecule has 1 amide bonds. The van der Waals surface area contributed by atoms with Gasteiger partial charge >= 0.3 is 0 Å². The molecule has 3 N–H and O–H groups in total. The lowest BCUT2D eigenvalue weighted by Crippen LogP contribution is -2.14. The Morgan fingerprint density at radius 3 is 2.53 bits per heavy atom. The Kier molecular flexibility index (Phi) is 3.15. The van der Waals surface area contributed by atoms with Crippen LogP contribution in [0.1, 0.15) is 16.1 Å². The second-order valence-corrected chi connectivity index (χ2v) is 3.77. The quantitative estimate of drug-likeness (QED) is 0.641. The van der Waals surface area contributed by atoms with Crippen LogP contribution in [0, 0.1) is 17.0 Å². The van der Waals surface area contributed by atoms with Gasteiger partial charge in [-0.1, -0.05) is 5.16 Å². The molecule has 0 radical (unpaired) electrons. The van der Waals surface area contributed by atoms with Crippen molar-refractivity contribution in [2.45, 2.75) is 6.92 Å². The van der Waals surface area contributed by atoms with Gasteiger partial charge in [-0.15, -0.1) is 0 Å². The lowest BCUT2D eigenvalue weighted by molar-refractivity contribution is -0.384. The molecule has 0 unspecified atom stereocenters. The molecule has 0 saturated heterocycles. The molecule has 0 fully saturated rings. The Morgan fingerprint density at radius 1 is 1.42 bits per heavy atom. The van der Waals surface area contributed by atoms with Crippen molar-refractivity contribution >= 4 is 23.2 Å². The van der Waals surface area contributed by atoms with Gasteiger partial charge in [-0.2, -0.15) is 0 Å². The number of rotatable bonds is 3. The Balaban J connectivity index is 2.17. The van der Waals surface area contributed by atoms with Crippen LogP contribution in [-0.4, -0.2) is 16.0 Å². The molecule has 0 aliphatic carbocycles.